The zero-order valence-corrected chi connectivity index (χ0v) is 13.1. The molecular weight excluding hydrogens is 273 g/mol. The van der Waals surface area contributed by atoms with Crippen LogP contribution in [-0.2, 0) is 0 Å². The highest BCUT2D eigenvalue weighted by Crippen LogP contribution is 2.33. The van der Waals surface area contributed by atoms with Crippen molar-refractivity contribution in [2.24, 2.45) is 0 Å². The molecule has 1 aromatic carbocycles. The van der Waals surface area contributed by atoms with Gasteiger partial charge in [-0.25, -0.2) is 4.39 Å². The number of thioether (sulfide) groups is 1. The third-order valence-corrected chi connectivity index (χ3v) is 5.31. The molecule has 20 heavy (non-hydrogen) atoms. The topological polar surface area (TPSA) is 21.3 Å². The van der Waals surface area contributed by atoms with Gasteiger partial charge >= 0.3 is 0 Å². The molecule has 0 saturated heterocycles. The van der Waals surface area contributed by atoms with Crippen LogP contribution in [0.25, 0.3) is 0 Å². The summed E-state index contributed by atoms with van der Waals surface area (Å²) in [5, 5.41) is 4.15. The van der Waals surface area contributed by atoms with Gasteiger partial charge in [0.1, 0.15) is 0 Å². The quantitative estimate of drug-likeness (QED) is 0.816. The van der Waals surface area contributed by atoms with E-state index in [0.717, 1.165) is 23.1 Å². The van der Waals surface area contributed by atoms with Crippen LogP contribution in [0.5, 0.6) is 5.75 Å². The minimum atomic E-state index is -0.229. The monoisotopic (exact) mass is 297 g/mol. The molecular formula is C16H24FNOS. The van der Waals surface area contributed by atoms with Gasteiger partial charge in [-0.1, -0.05) is 31.9 Å². The van der Waals surface area contributed by atoms with E-state index in [1.807, 2.05) is 23.9 Å². The Kier molecular flexibility index (Phi) is 6.17. The van der Waals surface area contributed by atoms with Gasteiger partial charge < -0.3 is 10.1 Å². The first-order valence-electron chi connectivity index (χ1n) is 7.43. The second-order valence-electron chi connectivity index (χ2n) is 5.21. The number of hydrogen-bond donors (Lipinski definition) is 1. The van der Waals surface area contributed by atoms with Crippen molar-refractivity contribution in [2.75, 3.05) is 19.4 Å². The van der Waals surface area contributed by atoms with Gasteiger partial charge in [0.05, 0.1) is 7.11 Å². The number of ether oxygens (including phenoxy) is 1. The number of halogens is 1. The van der Waals surface area contributed by atoms with Crippen molar-refractivity contribution in [3.8, 4) is 5.75 Å². The Morgan fingerprint density at radius 1 is 1.40 bits per heavy atom. The average molecular weight is 297 g/mol. The fourth-order valence-electron chi connectivity index (χ4n) is 2.75. The molecule has 1 aromatic rings. The summed E-state index contributed by atoms with van der Waals surface area (Å²) in [7, 11) is 1.51. The molecule has 0 amide bonds. The summed E-state index contributed by atoms with van der Waals surface area (Å²) < 4.78 is 19.5. The van der Waals surface area contributed by atoms with Crippen molar-refractivity contribution in [3.05, 3.63) is 29.6 Å². The maximum atomic E-state index is 14.4. The maximum Gasteiger partial charge on any atom is 0.169 e. The van der Waals surface area contributed by atoms with E-state index in [-0.39, 0.29) is 11.9 Å². The summed E-state index contributed by atoms with van der Waals surface area (Å²) in [4.78, 5) is 0. The minimum absolute atomic E-state index is 0.0562. The van der Waals surface area contributed by atoms with Gasteiger partial charge in [0.2, 0.25) is 0 Å². The molecule has 0 aliphatic heterocycles. The second kappa shape index (κ2) is 7.89. The Labute approximate surface area is 125 Å². The first-order valence-corrected chi connectivity index (χ1v) is 8.48. The maximum absolute atomic E-state index is 14.4. The molecule has 0 heterocycles. The molecule has 1 unspecified atom stereocenters. The van der Waals surface area contributed by atoms with E-state index in [1.165, 1.54) is 32.8 Å². The molecule has 0 bridgehead atoms. The zero-order chi connectivity index (χ0) is 14.4. The standard InChI is InChI=1S/C16H24FNOS/c1-3-18-14(11-20-12-7-4-5-8-12)13-9-6-10-15(19-2)16(13)17/h6,9-10,12,14,18H,3-5,7-8,11H2,1-2H3. The average Bonchev–Trinajstić information content (AvgIpc) is 2.97. The van der Waals surface area contributed by atoms with E-state index in [1.54, 1.807) is 6.07 Å². The lowest BCUT2D eigenvalue weighted by Crippen LogP contribution is -2.24. The molecule has 1 N–H and O–H groups in total. The van der Waals surface area contributed by atoms with Crippen molar-refractivity contribution in [1.29, 1.82) is 0 Å². The SMILES string of the molecule is CCNC(CSC1CCCC1)c1cccc(OC)c1F. The van der Waals surface area contributed by atoms with Crippen LogP contribution < -0.4 is 10.1 Å². The highest BCUT2D eigenvalue weighted by molar-refractivity contribution is 7.99. The highest BCUT2D eigenvalue weighted by atomic mass is 32.2. The van der Waals surface area contributed by atoms with Crippen LogP contribution in [0.2, 0.25) is 0 Å². The lowest BCUT2D eigenvalue weighted by Gasteiger charge is -2.21. The van der Waals surface area contributed by atoms with Crippen LogP contribution in [0.4, 0.5) is 4.39 Å². The lowest BCUT2D eigenvalue weighted by molar-refractivity contribution is 0.381. The van der Waals surface area contributed by atoms with Gasteiger partial charge in [0.25, 0.3) is 0 Å². The first-order chi connectivity index (χ1) is 9.76. The lowest BCUT2D eigenvalue weighted by atomic mass is 10.1. The van der Waals surface area contributed by atoms with Gasteiger partial charge in [0.15, 0.2) is 11.6 Å². The number of benzene rings is 1. The smallest absolute Gasteiger partial charge is 0.169 e. The molecule has 4 heteroatoms. The van der Waals surface area contributed by atoms with E-state index in [4.69, 9.17) is 4.74 Å². The largest absolute Gasteiger partial charge is 0.494 e. The summed E-state index contributed by atoms with van der Waals surface area (Å²) in [6.45, 7) is 2.90. The third-order valence-electron chi connectivity index (χ3n) is 3.84. The van der Waals surface area contributed by atoms with E-state index in [2.05, 4.69) is 12.2 Å². The predicted octanol–water partition coefficient (Wildman–Crippen LogP) is 4.16. The molecule has 112 valence electrons. The van der Waals surface area contributed by atoms with Crippen molar-refractivity contribution in [3.63, 3.8) is 0 Å². The summed E-state index contributed by atoms with van der Waals surface area (Å²) in [6.07, 6.45) is 5.31. The molecule has 0 radical (unpaired) electrons. The molecule has 2 nitrogen and oxygen atoms in total. The van der Waals surface area contributed by atoms with E-state index in [0.29, 0.717) is 5.75 Å². The Morgan fingerprint density at radius 2 is 2.15 bits per heavy atom. The number of rotatable bonds is 7. The van der Waals surface area contributed by atoms with E-state index >= 15 is 0 Å². The van der Waals surface area contributed by atoms with Crippen molar-refractivity contribution < 1.29 is 9.13 Å². The Balaban J connectivity index is 2.06. The van der Waals surface area contributed by atoms with Crippen LogP contribution in [0, 0.1) is 5.82 Å². The van der Waals surface area contributed by atoms with Crippen LogP contribution in [0.1, 0.15) is 44.2 Å². The van der Waals surface area contributed by atoms with Crippen LogP contribution in [-0.4, -0.2) is 24.7 Å². The van der Waals surface area contributed by atoms with Crippen LogP contribution >= 0.6 is 11.8 Å². The molecule has 0 aromatic heterocycles. The molecule has 1 aliphatic carbocycles. The fraction of sp³-hybridized carbons (Fsp3) is 0.625. The molecule has 0 spiro atoms. The molecule has 1 saturated carbocycles. The number of hydrogen-bond acceptors (Lipinski definition) is 3. The second-order valence-corrected chi connectivity index (χ2v) is 6.55. The van der Waals surface area contributed by atoms with E-state index < -0.39 is 0 Å². The Morgan fingerprint density at radius 3 is 2.80 bits per heavy atom. The van der Waals surface area contributed by atoms with Gasteiger partial charge in [-0.05, 0) is 25.5 Å². The summed E-state index contributed by atoms with van der Waals surface area (Å²) >= 11 is 1.98. The highest BCUT2D eigenvalue weighted by Gasteiger charge is 2.21. The Hall–Kier alpha value is -0.740. The number of nitrogens with one attached hydrogen (secondary N) is 1. The van der Waals surface area contributed by atoms with Crippen molar-refractivity contribution in [1.82, 2.24) is 5.32 Å². The fourth-order valence-corrected chi connectivity index (χ4v) is 4.18. The first kappa shape index (κ1) is 15.6. The third kappa shape index (κ3) is 3.89. The van der Waals surface area contributed by atoms with Gasteiger partial charge in [-0.2, -0.15) is 11.8 Å². The molecule has 1 atom stereocenters. The Bertz CT molecular complexity index is 421. The summed E-state index contributed by atoms with van der Waals surface area (Å²) in [6, 6.07) is 5.45. The summed E-state index contributed by atoms with van der Waals surface area (Å²) in [5.41, 5.74) is 0.719. The predicted molar refractivity (Wildman–Crippen MR) is 84.1 cm³/mol. The van der Waals surface area contributed by atoms with Crippen LogP contribution in [0.3, 0.4) is 0 Å². The van der Waals surface area contributed by atoms with E-state index in [9.17, 15) is 4.39 Å². The van der Waals surface area contributed by atoms with Crippen molar-refractivity contribution in [2.45, 2.75) is 43.9 Å². The van der Waals surface area contributed by atoms with Crippen molar-refractivity contribution >= 4 is 11.8 Å². The normalized spacial score (nSPS) is 17.4. The minimum Gasteiger partial charge on any atom is -0.494 e. The summed E-state index contributed by atoms with van der Waals surface area (Å²) in [5.74, 6) is 1.02. The van der Waals surface area contributed by atoms with Gasteiger partial charge in [-0.15, -0.1) is 0 Å². The van der Waals surface area contributed by atoms with Crippen LogP contribution in [0.15, 0.2) is 18.2 Å². The van der Waals surface area contributed by atoms with Gasteiger partial charge in [0, 0.05) is 22.6 Å². The van der Waals surface area contributed by atoms with Gasteiger partial charge in [-0.3, -0.25) is 0 Å². The number of methoxy groups -OCH3 is 1. The molecule has 1 fully saturated rings. The molecule has 1 aliphatic rings. The molecule has 2 rings (SSSR count). The zero-order valence-electron chi connectivity index (χ0n) is 12.3.